The number of benzene rings is 4. The zero-order valence-corrected chi connectivity index (χ0v) is 16.2. The summed E-state index contributed by atoms with van der Waals surface area (Å²) in [4.78, 5) is 13.3. The number of fused-ring (bicyclic) bond motifs is 6. The van der Waals surface area contributed by atoms with Gasteiger partial charge >= 0.3 is 5.97 Å². The summed E-state index contributed by atoms with van der Waals surface area (Å²) in [5, 5.41) is 20.9. The molecule has 0 fully saturated rings. The Morgan fingerprint density at radius 3 is 1.81 bits per heavy atom. The lowest BCUT2D eigenvalue weighted by atomic mass is 9.76. The van der Waals surface area contributed by atoms with Crippen LogP contribution >= 0.6 is 0 Å². The third-order valence-corrected chi connectivity index (χ3v) is 5.94. The van der Waals surface area contributed by atoms with Gasteiger partial charge < -0.3 is 19.7 Å². The van der Waals surface area contributed by atoms with Gasteiger partial charge in [-0.2, -0.15) is 0 Å². The van der Waals surface area contributed by atoms with Crippen LogP contribution in [0.4, 0.5) is 0 Å². The van der Waals surface area contributed by atoms with Crippen molar-refractivity contribution in [2.45, 2.75) is 5.60 Å². The lowest BCUT2D eigenvalue weighted by Gasteiger charge is -2.36. The van der Waals surface area contributed by atoms with E-state index in [1.165, 1.54) is 12.1 Å². The van der Waals surface area contributed by atoms with Crippen LogP contribution in [0.3, 0.4) is 0 Å². The summed E-state index contributed by atoms with van der Waals surface area (Å²) >= 11 is 0. The van der Waals surface area contributed by atoms with Gasteiger partial charge in [-0.15, -0.1) is 0 Å². The number of esters is 1. The summed E-state index contributed by atoms with van der Waals surface area (Å²) in [5.74, 6) is 0.458. The number of hydrogen-bond acceptors (Lipinski definition) is 5. The summed E-state index contributed by atoms with van der Waals surface area (Å²) in [6.45, 7) is 0. The fraction of sp³-hybridized carbons (Fsp3) is 0.0385. The summed E-state index contributed by atoms with van der Waals surface area (Å²) in [6, 6.07) is 24.8. The molecule has 150 valence electrons. The summed E-state index contributed by atoms with van der Waals surface area (Å²) in [7, 11) is 0. The minimum atomic E-state index is -1.19. The van der Waals surface area contributed by atoms with Gasteiger partial charge in [-0.1, -0.05) is 60.7 Å². The molecule has 0 radical (unpaired) electrons. The molecule has 0 saturated carbocycles. The predicted octanol–water partition coefficient (Wildman–Crippen LogP) is 5.33. The Hall–Kier alpha value is -4.25. The van der Waals surface area contributed by atoms with Crippen molar-refractivity contribution in [2.75, 3.05) is 0 Å². The van der Waals surface area contributed by atoms with Crippen molar-refractivity contribution in [3.05, 3.63) is 107 Å². The van der Waals surface area contributed by atoms with E-state index >= 15 is 0 Å². The largest absolute Gasteiger partial charge is 0.507 e. The van der Waals surface area contributed by atoms with E-state index in [1.54, 1.807) is 18.2 Å². The van der Waals surface area contributed by atoms with Crippen LogP contribution in [0.25, 0.3) is 11.1 Å². The van der Waals surface area contributed by atoms with E-state index in [2.05, 4.69) is 0 Å². The highest BCUT2D eigenvalue weighted by atomic mass is 16.6. The first-order valence-electron chi connectivity index (χ1n) is 9.86. The molecule has 2 N–H and O–H groups in total. The van der Waals surface area contributed by atoms with Crippen molar-refractivity contribution in [1.82, 2.24) is 0 Å². The van der Waals surface area contributed by atoms with Crippen molar-refractivity contribution in [2.24, 2.45) is 0 Å². The third kappa shape index (κ3) is 2.23. The van der Waals surface area contributed by atoms with Crippen LogP contribution in [-0.4, -0.2) is 16.2 Å². The van der Waals surface area contributed by atoms with Crippen molar-refractivity contribution in [1.29, 1.82) is 0 Å². The number of carbonyl (C=O) groups is 1. The molecular formula is C26H16O5. The molecule has 0 atom stereocenters. The van der Waals surface area contributed by atoms with Crippen LogP contribution in [0.5, 0.6) is 23.0 Å². The van der Waals surface area contributed by atoms with Crippen LogP contribution in [0.1, 0.15) is 27.0 Å². The highest BCUT2D eigenvalue weighted by Crippen LogP contribution is 2.57. The van der Waals surface area contributed by atoms with Crippen LogP contribution in [0.15, 0.2) is 84.9 Å². The second kappa shape index (κ2) is 6.12. The number of ether oxygens (including phenoxy) is 2. The molecule has 0 saturated heterocycles. The van der Waals surface area contributed by atoms with E-state index in [-0.39, 0.29) is 17.1 Å². The molecule has 6 rings (SSSR count). The molecule has 1 spiro atoms. The van der Waals surface area contributed by atoms with Gasteiger partial charge in [-0.25, -0.2) is 4.79 Å². The summed E-state index contributed by atoms with van der Waals surface area (Å²) in [5.41, 5.74) is 1.82. The lowest BCUT2D eigenvalue weighted by molar-refractivity contribution is 0.0225. The quantitative estimate of drug-likeness (QED) is 0.416. The molecule has 2 aliphatic rings. The molecule has 5 heteroatoms. The van der Waals surface area contributed by atoms with Gasteiger partial charge in [-0.05, 0) is 24.3 Å². The van der Waals surface area contributed by atoms with Gasteiger partial charge in [0.25, 0.3) is 0 Å². The average molecular weight is 408 g/mol. The molecule has 0 aliphatic carbocycles. The maximum absolute atomic E-state index is 13.3. The number of carbonyl (C=O) groups excluding carboxylic acids is 1. The third-order valence-electron chi connectivity index (χ3n) is 5.94. The maximum Gasteiger partial charge on any atom is 0.340 e. The first kappa shape index (κ1) is 17.6. The van der Waals surface area contributed by atoms with Crippen LogP contribution in [0, 0.1) is 0 Å². The Labute approximate surface area is 177 Å². The first-order chi connectivity index (χ1) is 15.1. The van der Waals surface area contributed by atoms with Gasteiger partial charge in [-0.3, -0.25) is 0 Å². The zero-order chi connectivity index (χ0) is 21.2. The van der Waals surface area contributed by atoms with Crippen molar-refractivity contribution in [3.8, 4) is 34.1 Å². The Balaban J connectivity index is 1.72. The van der Waals surface area contributed by atoms with Crippen LogP contribution in [0.2, 0.25) is 0 Å². The van der Waals surface area contributed by atoms with E-state index in [4.69, 9.17) is 9.47 Å². The smallest absolute Gasteiger partial charge is 0.340 e. The van der Waals surface area contributed by atoms with Crippen molar-refractivity contribution in [3.63, 3.8) is 0 Å². The van der Waals surface area contributed by atoms with Crippen LogP contribution in [-0.2, 0) is 10.3 Å². The fourth-order valence-corrected chi connectivity index (χ4v) is 4.68. The molecule has 4 aromatic rings. The number of aromatic hydroxyl groups is 2. The van der Waals surface area contributed by atoms with Gasteiger partial charge in [0.05, 0.1) is 11.1 Å². The SMILES string of the molecule is O=C1OC2(c3ccccc3Oc3ccccc32)c2cccc(-c3c(O)cccc3O)c21. The number of phenolic OH excluding ortho intramolecular Hbond substituents is 2. The van der Waals surface area contributed by atoms with Gasteiger partial charge in [0, 0.05) is 22.3 Å². The van der Waals surface area contributed by atoms with E-state index in [9.17, 15) is 15.0 Å². The molecule has 0 bridgehead atoms. The number of phenols is 2. The Morgan fingerprint density at radius 2 is 1.16 bits per heavy atom. The van der Waals surface area contributed by atoms with E-state index in [1.807, 2.05) is 54.6 Å². The molecule has 0 aromatic heterocycles. The standard InChI is InChI=1S/C26H16O5/c27-19-11-6-12-20(28)24(19)15-7-5-10-18-23(15)25(29)31-26(18)16-8-1-3-13-21(16)30-22-14-4-2-9-17(22)26/h1-14,27-28H. The topological polar surface area (TPSA) is 76.0 Å². The molecule has 31 heavy (non-hydrogen) atoms. The number of hydrogen-bond donors (Lipinski definition) is 2. The summed E-state index contributed by atoms with van der Waals surface area (Å²) in [6.07, 6.45) is 0. The molecule has 0 unspecified atom stereocenters. The Bertz CT molecular complexity index is 1320. The van der Waals surface area contributed by atoms with E-state index in [0.717, 1.165) is 11.1 Å². The van der Waals surface area contributed by atoms with Gasteiger partial charge in [0.1, 0.15) is 23.0 Å². The summed E-state index contributed by atoms with van der Waals surface area (Å²) < 4.78 is 12.3. The monoisotopic (exact) mass is 408 g/mol. The van der Waals surface area contributed by atoms with E-state index in [0.29, 0.717) is 28.2 Å². The average Bonchev–Trinajstić information content (AvgIpc) is 3.08. The molecular weight excluding hydrogens is 392 g/mol. The molecule has 4 aromatic carbocycles. The van der Waals surface area contributed by atoms with Gasteiger partial charge in [0.15, 0.2) is 5.60 Å². The molecule has 2 heterocycles. The fourth-order valence-electron chi connectivity index (χ4n) is 4.68. The second-order valence-electron chi connectivity index (χ2n) is 7.56. The number of rotatable bonds is 1. The highest BCUT2D eigenvalue weighted by Gasteiger charge is 2.54. The normalized spacial score (nSPS) is 14.9. The molecule has 5 nitrogen and oxygen atoms in total. The van der Waals surface area contributed by atoms with Crippen LogP contribution < -0.4 is 4.74 Å². The Kier molecular flexibility index (Phi) is 3.48. The minimum Gasteiger partial charge on any atom is -0.507 e. The Morgan fingerprint density at radius 1 is 0.613 bits per heavy atom. The zero-order valence-electron chi connectivity index (χ0n) is 16.2. The molecule has 0 amide bonds. The second-order valence-corrected chi connectivity index (χ2v) is 7.56. The molecule has 2 aliphatic heterocycles. The number of para-hydroxylation sites is 2. The van der Waals surface area contributed by atoms with Crippen molar-refractivity contribution >= 4 is 5.97 Å². The van der Waals surface area contributed by atoms with Gasteiger partial charge in [0.2, 0.25) is 0 Å². The predicted molar refractivity (Wildman–Crippen MR) is 113 cm³/mol. The van der Waals surface area contributed by atoms with E-state index < -0.39 is 11.6 Å². The highest BCUT2D eigenvalue weighted by molar-refractivity contribution is 6.04. The lowest BCUT2D eigenvalue weighted by Crippen LogP contribution is -2.32. The minimum absolute atomic E-state index is 0.116. The first-order valence-corrected chi connectivity index (χ1v) is 9.86. The maximum atomic E-state index is 13.3. The van der Waals surface area contributed by atoms with Crippen molar-refractivity contribution < 1.29 is 24.5 Å².